The van der Waals surface area contributed by atoms with E-state index in [1.165, 1.54) is 0 Å². The van der Waals surface area contributed by atoms with Crippen molar-refractivity contribution in [3.8, 4) is 5.75 Å². The Bertz CT molecular complexity index is 749. The number of aromatic hydroxyl groups is 1. The highest BCUT2D eigenvalue weighted by Gasteiger charge is 2.27. The summed E-state index contributed by atoms with van der Waals surface area (Å²) in [5.41, 5.74) is 7.04. The number of aliphatic hydroxyl groups excluding tert-OH is 1. The predicted octanol–water partition coefficient (Wildman–Crippen LogP) is 0.589. The molecule has 0 saturated carbocycles. The van der Waals surface area contributed by atoms with Gasteiger partial charge in [-0.15, -0.1) is 22.6 Å². The number of piperidine rings is 1. The fraction of sp³-hybridized carbons (Fsp3) is 0.500. The molecule has 1 saturated heterocycles. The van der Waals surface area contributed by atoms with Crippen LogP contribution in [0.15, 0.2) is 28.7 Å². The lowest BCUT2D eigenvalue weighted by atomic mass is 9.97. The zero-order valence-corrected chi connectivity index (χ0v) is 16.2. The van der Waals surface area contributed by atoms with Gasteiger partial charge < -0.3 is 31.0 Å². The van der Waals surface area contributed by atoms with Crippen LogP contribution in [0.2, 0.25) is 0 Å². The Hall–Kier alpha value is -2.20. The van der Waals surface area contributed by atoms with Crippen molar-refractivity contribution in [2.24, 2.45) is 11.7 Å². The SMILES string of the molecule is Cl.N[C@@H](Cc1ccc(O)cc1)c1nnc([C@H](CO)NC(=O)C2CCNCC2)o1. The van der Waals surface area contributed by atoms with E-state index in [1.807, 2.05) is 0 Å². The number of halogens is 1. The highest BCUT2D eigenvalue weighted by molar-refractivity contribution is 5.85. The summed E-state index contributed by atoms with van der Waals surface area (Å²) in [6.45, 7) is 1.27. The Morgan fingerprint density at radius 3 is 2.54 bits per heavy atom. The molecule has 0 aliphatic carbocycles. The first-order valence-electron chi connectivity index (χ1n) is 9.05. The van der Waals surface area contributed by atoms with Crippen LogP contribution < -0.4 is 16.4 Å². The van der Waals surface area contributed by atoms with Crippen LogP contribution in [0.25, 0.3) is 0 Å². The van der Waals surface area contributed by atoms with Crippen LogP contribution in [-0.2, 0) is 11.2 Å². The number of nitrogens with two attached hydrogens (primary N) is 1. The molecule has 0 unspecified atom stereocenters. The fourth-order valence-electron chi connectivity index (χ4n) is 3.07. The maximum Gasteiger partial charge on any atom is 0.241 e. The van der Waals surface area contributed by atoms with Crippen molar-refractivity contribution in [2.75, 3.05) is 19.7 Å². The Kier molecular flexibility index (Phi) is 8.18. The van der Waals surface area contributed by atoms with E-state index in [2.05, 4.69) is 20.8 Å². The minimum absolute atomic E-state index is 0. The van der Waals surface area contributed by atoms with Gasteiger partial charge in [-0.05, 0) is 50.0 Å². The normalized spacial score (nSPS) is 16.8. The molecule has 0 radical (unpaired) electrons. The Morgan fingerprint density at radius 2 is 1.89 bits per heavy atom. The zero-order valence-electron chi connectivity index (χ0n) is 15.4. The van der Waals surface area contributed by atoms with Crippen LogP contribution in [0.5, 0.6) is 5.75 Å². The summed E-state index contributed by atoms with van der Waals surface area (Å²) in [7, 11) is 0. The van der Waals surface area contributed by atoms with E-state index in [-0.39, 0.29) is 48.4 Å². The highest BCUT2D eigenvalue weighted by Crippen LogP contribution is 2.20. The first kappa shape index (κ1) is 22.1. The van der Waals surface area contributed by atoms with Gasteiger partial charge in [0.1, 0.15) is 11.8 Å². The smallest absolute Gasteiger partial charge is 0.241 e. The molecule has 1 aromatic heterocycles. The first-order valence-corrected chi connectivity index (χ1v) is 9.05. The average molecular weight is 412 g/mol. The second kappa shape index (κ2) is 10.4. The van der Waals surface area contributed by atoms with Crippen LogP contribution in [0.4, 0.5) is 0 Å². The van der Waals surface area contributed by atoms with E-state index in [4.69, 9.17) is 10.2 Å². The number of rotatable bonds is 7. The first-order chi connectivity index (χ1) is 13.1. The van der Waals surface area contributed by atoms with Crippen LogP contribution >= 0.6 is 12.4 Å². The summed E-state index contributed by atoms with van der Waals surface area (Å²) >= 11 is 0. The number of nitrogens with zero attached hydrogens (tertiary/aromatic N) is 2. The minimum Gasteiger partial charge on any atom is -0.508 e. The number of hydrogen-bond acceptors (Lipinski definition) is 8. The Labute approximate surface area is 169 Å². The molecule has 1 fully saturated rings. The molecular formula is C18H26ClN5O4. The molecule has 1 aromatic carbocycles. The number of carbonyl (C=O) groups excluding carboxylic acids is 1. The maximum absolute atomic E-state index is 12.4. The molecule has 2 aromatic rings. The fourth-order valence-corrected chi connectivity index (χ4v) is 3.07. The van der Waals surface area contributed by atoms with Crippen molar-refractivity contribution in [3.05, 3.63) is 41.6 Å². The van der Waals surface area contributed by atoms with Crippen molar-refractivity contribution in [2.45, 2.75) is 31.3 Å². The Morgan fingerprint density at radius 1 is 1.25 bits per heavy atom. The third-order valence-corrected chi connectivity index (χ3v) is 4.67. The van der Waals surface area contributed by atoms with E-state index in [0.717, 1.165) is 31.5 Å². The van der Waals surface area contributed by atoms with Crippen molar-refractivity contribution in [3.63, 3.8) is 0 Å². The van der Waals surface area contributed by atoms with Crippen LogP contribution in [0.3, 0.4) is 0 Å². The maximum atomic E-state index is 12.4. The molecule has 1 aliphatic heterocycles. The summed E-state index contributed by atoms with van der Waals surface area (Å²) in [6.07, 6.45) is 1.97. The lowest BCUT2D eigenvalue weighted by molar-refractivity contribution is -0.127. The topological polar surface area (TPSA) is 147 Å². The van der Waals surface area contributed by atoms with Crippen LogP contribution in [-0.4, -0.2) is 46.0 Å². The van der Waals surface area contributed by atoms with Crippen molar-refractivity contribution in [1.29, 1.82) is 0 Å². The zero-order chi connectivity index (χ0) is 19.2. The third kappa shape index (κ3) is 5.65. The largest absolute Gasteiger partial charge is 0.508 e. The number of phenols is 1. The lowest BCUT2D eigenvalue weighted by Gasteiger charge is -2.23. The molecular weight excluding hydrogens is 386 g/mol. The standard InChI is InChI=1S/C18H25N5O4.ClH/c19-14(9-11-1-3-13(25)4-2-11)17-22-23-18(27-17)15(10-24)21-16(26)12-5-7-20-8-6-12;/h1-4,12,14-15,20,24-25H,5-10,19H2,(H,21,26);1H/t14-,15-;/m0./s1. The van der Waals surface area contributed by atoms with Gasteiger partial charge in [0.25, 0.3) is 0 Å². The molecule has 0 bridgehead atoms. The number of carbonyl (C=O) groups is 1. The number of hydrogen-bond donors (Lipinski definition) is 5. The van der Waals surface area contributed by atoms with Gasteiger partial charge in [-0.2, -0.15) is 0 Å². The number of benzene rings is 1. The van der Waals surface area contributed by atoms with Gasteiger partial charge >= 0.3 is 0 Å². The molecule has 0 spiro atoms. The van der Waals surface area contributed by atoms with Crippen LogP contribution in [0.1, 0.15) is 42.3 Å². The van der Waals surface area contributed by atoms with Gasteiger partial charge in [0.15, 0.2) is 0 Å². The lowest BCUT2D eigenvalue weighted by Crippen LogP contribution is -2.40. The molecule has 154 valence electrons. The second-order valence-electron chi connectivity index (χ2n) is 6.72. The summed E-state index contributed by atoms with van der Waals surface area (Å²) in [6, 6.07) is 5.41. The molecule has 6 N–H and O–H groups in total. The highest BCUT2D eigenvalue weighted by atomic mass is 35.5. The quantitative estimate of drug-likeness (QED) is 0.444. The van der Waals surface area contributed by atoms with Gasteiger partial charge in [-0.1, -0.05) is 12.1 Å². The number of amides is 1. The molecule has 3 rings (SSSR count). The molecule has 28 heavy (non-hydrogen) atoms. The summed E-state index contributed by atoms with van der Waals surface area (Å²) in [5, 5.41) is 32.8. The van der Waals surface area contributed by atoms with E-state index < -0.39 is 12.1 Å². The summed E-state index contributed by atoms with van der Waals surface area (Å²) < 4.78 is 5.60. The minimum atomic E-state index is -0.755. The van der Waals surface area contributed by atoms with Gasteiger partial charge in [0.2, 0.25) is 17.7 Å². The third-order valence-electron chi connectivity index (χ3n) is 4.67. The molecule has 1 amide bonds. The van der Waals surface area contributed by atoms with E-state index in [0.29, 0.717) is 6.42 Å². The van der Waals surface area contributed by atoms with Gasteiger partial charge in [-0.25, -0.2) is 0 Å². The average Bonchev–Trinajstić information content (AvgIpc) is 3.18. The number of aliphatic hydroxyl groups is 1. The number of aromatic nitrogens is 2. The molecule has 2 atom stereocenters. The molecule has 2 heterocycles. The summed E-state index contributed by atoms with van der Waals surface area (Å²) in [4.78, 5) is 12.4. The predicted molar refractivity (Wildman–Crippen MR) is 104 cm³/mol. The Balaban J connectivity index is 0.00000280. The van der Waals surface area contributed by atoms with Crippen molar-refractivity contribution < 1.29 is 19.4 Å². The molecule has 10 heteroatoms. The number of nitrogens with one attached hydrogen (secondary N) is 2. The van der Waals surface area contributed by atoms with Gasteiger partial charge in [0.05, 0.1) is 12.6 Å². The number of phenolic OH excluding ortho intramolecular Hbond substituents is 1. The van der Waals surface area contributed by atoms with E-state index in [1.54, 1.807) is 24.3 Å². The van der Waals surface area contributed by atoms with Gasteiger partial charge in [-0.3, -0.25) is 4.79 Å². The second-order valence-corrected chi connectivity index (χ2v) is 6.72. The van der Waals surface area contributed by atoms with Crippen molar-refractivity contribution >= 4 is 18.3 Å². The summed E-state index contributed by atoms with van der Waals surface area (Å²) in [5.74, 6) is 0.342. The monoisotopic (exact) mass is 411 g/mol. The van der Waals surface area contributed by atoms with E-state index in [9.17, 15) is 15.0 Å². The molecule has 9 nitrogen and oxygen atoms in total. The van der Waals surface area contributed by atoms with Crippen molar-refractivity contribution in [1.82, 2.24) is 20.8 Å². The van der Waals surface area contributed by atoms with E-state index >= 15 is 0 Å². The van der Waals surface area contributed by atoms with Gasteiger partial charge in [0, 0.05) is 5.92 Å². The van der Waals surface area contributed by atoms with Crippen LogP contribution in [0, 0.1) is 5.92 Å². The molecule has 1 aliphatic rings.